The number of carbonyl (C=O) groups excluding carboxylic acids is 1. The van der Waals surface area contributed by atoms with Crippen LogP contribution in [0.3, 0.4) is 0 Å². The second-order valence-electron chi connectivity index (χ2n) is 6.55. The fourth-order valence-corrected chi connectivity index (χ4v) is 4.05. The van der Waals surface area contributed by atoms with Crippen LogP contribution in [0.4, 0.5) is 5.82 Å². The molecule has 0 unspecified atom stereocenters. The fourth-order valence-electron chi connectivity index (χ4n) is 4.05. The van der Waals surface area contributed by atoms with Crippen molar-refractivity contribution in [3.05, 3.63) is 18.6 Å². The fraction of sp³-hybridized carbons (Fsp3) is 0.706. The second kappa shape index (κ2) is 7.25. The molecule has 0 bridgehead atoms. The van der Waals surface area contributed by atoms with Gasteiger partial charge >= 0.3 is 0 Å². The highest BCUT2D eigenvalue weighted by molar-refractivity contribution is 5.81. The van der Waals surface area contributed by atoms with E-state index in [0.717, 1.165) is 31.7 Å². The standard InChI is InChI=1S/C17H27N5O/c1-3-21-10-4-6-14(21)15-7-5-11-22(15)17(23)13-20(2)16-12-18-8-9-19-16/h8-9,12,14-15H,3-7,10-11,13H2,1-2H3/t14-,15+/m1/s1. The maximum atomic E-state index is 12.8. The zero-order chi connectivity index (χ0) is 16.2. The quantitative estimate of drug-likeness (QED) is 0.821. The first-order valence-corrected chi connectivity index (χ1v) is 8.71. The molecular formula is C17H27N5O. The van der Waals surface area contributed by atoms with Crippen LogP contribution in [0.5, 0.6) is 0 Å². The lowest BCUT2D eigenvalue weighted by atomic mass is 10.0. The van der Waals surface area contributed by atoms with Gasteiger partial charge in [0.25, 0.3) is 0 Å². The lowest BCUT2D eigenvalue weighted by molar-refractivity contribution is -0.131. The number of hydrogen-bond acceptors (Lipinski definition) is 5. The molecule has 126 valence electrons. The summed E-state index contributed by atoms with van der Waals surface area (Å²) in [5, 5.41) is 0. The van der Waals surface area contributed by atoms with Gasteiger partial charge in [0, 0.05) is 38.1 Å². The zero-order valence-corrected chi connectivity index (χ0v) is 14.2. The molecule has 3 rings (SSSR count). The molecule has 3 heterocycles. The van der Waals surface area contributed by atoms with Gasteiger partial charge in [0.1, 0.15) is 5.82 Å². The molecule has 2 aliphatic heterocycles. The summed E-state index contributed by atoms with van der Waals surface area (Å²) in [4.78, 5) is 27.7. The van der Waals surface area contributed by atoms with Crippen LogP contribution in [0, 0.1) is 0 Å². The molecule has 2 aliphatic rings. The maximum Gasteiger partial charge on any atom is 0.242 e. The third-order valence-electron chi connectivity index (χ3n) is 5.20. The van der Waals surface area contributed by atoms with E-state index in [1.165, 1.54) is 19.4 Å². The average Bonchev–Trinajstić information content (AvgIpc) is 3.23. The Morgan fingerprint density at radius 3 is 2.78 bits per heavy atom. The summed E-state index contributed by atoms with van der Waals surface area (Å²) in [6.07, 6.45) is 9.76. The zero-order valence-electron chi connectivity index (χ0n) is 14.2. The molecular weight excluding hydrogens is 290 g/mol. The predicted octanol–water partition coefficient (Wildman–Crippen LogP) is 1.39. The number of anilines is 1. The number of rotatable bonds is 5. The van der Waals surface area contributed by atoms with Crippen LogP contribution in [0.1, 0.15) is 32.6 Å². The van der Waals surface area contributed by atoms with Crippen molar-refractivity contribution in [2.45, 2.75) is 44.7 Å². The van der Waals surface area contributed by atoms with E-state index in [-0.39, 0.29) is 5.91 Å². The number of likely N-dealkylation sites (tertiary alicyclic amines) is 2. The van der Waals surface area contributed by atoms with Crippen molar-refractivity contribution in [1.29, 1.82) is 0 Å². The number of carbonyl (C=O) groups is 1. The van der Waals surface area contributed by atoms with E-state index in [1.54, 1.807) is 18.6 Å². The Morgan fingerprint density at radius 1 is 1.26 bits per heavy atom. The summed E-state index contributed by atoms with van der Waals surface area (Å²) in [6, 6.07) is 0.938. The van der Waals surface area contributed by atoms with Crippen LogP contribution in [-0.4, -0.2) is 71.0 Å². The second-order valence-corrected chi connectivity index (χ2v) is 6.55. The smallest absolute Gasteiger partial charge is 0.242 e. The summed E-state index contributed by atoms with van der Waals surface area (Å²) >= 11 is 0. The topological polar surface area (TPSA) is 52.6 Å². The van der Waals surface area contributed by atoms with Crippen LogP contribution in [0.15, 0.2) is 18.6 Å². The van der Waals surface area contributed by atoms with Crippen molar-refractivity contribution < 1.29 is 4.79 Å². The first-order valence-electron chi connectivity index (χ1n) is 8.71. The van der Waals surface area contributed by atoms with Gasteiger partial charge in [-0.05, 0) is 38.8 Å². The molecule has 0 radical (unpaired) electrons. The normalized spacial score (nSPS) is 25.0. The molecule has 0 N–H and O–H groups in total. The lowest BCUT2D eigenvalue weighted by Gasteiger charge is -2.35. The van der Waals surface area contributed by atoms with E-state index in [4.69, 9.17) is 0 Å². The Kier molecular flexibility index (Phi) is 5.10. The van der Waals surface area contributed by atoms with E-state index < -0.39 is 0 Å². The van der Waals surface area contributed by atoms with Gasteiger partial charge < -0.3 is 9.80 Å². The summed E-state index contributed by atoms with van der Waals surface area (Å²) in [5.41, 5.74) is 0. The van der Waals surface area contributed by atoms with Gasteiger partial charge in [-0.1, -0.05) is 6.92 Å². The summed E-state index contributed by atoms with van der Waals surface area (Å²) < 4.78 is 0. The van der Waals surface area contributed by atoms with Gasteiger partial charge in [0.2, 0.25) is 5.91 Å². The van der Waals surface area contributed by atoms with Crippen molar-refractivity contribution in [3.8, 4) is 0 Å². The highest BCUT2D eigenvalue weighted by atomic mass is 16.2. The molecule has 6 heteroatoms. The van der Waals surface area contributed by atoms with E-state index >= 15 is 0 Å². The molecule has 6 nitrogen and oxygen atoms in total. The van der Waals surface area contributed by atoms with E-state index in [9.17, 15) is 4.79 Å². The first kappa shape index (κ1) is 16.2. The number of nitrogens with zero attached hydrogens (tertiary/aromatic N) is 5. The van der Waals surface area contributed by atoms with Gasteiger partial charge in [-0.2, -0.15) is 0 Å². The van der Waals surface area contributed by atoms with Gasteiger partial charge in [0.15, 0.2) is 0 Å². The maximum absolute atomic E-state index is 12.8. The molecule has 0 aliphatic carbocycles. The molecule has 0 aromatic carbocycles. The van der Waals surface area contributed by atoms with Gasteiger partial charge in [-0.3, -0.25) is 14.7 Å². The van der Waals surface area contributed by atoms with Crippen LogP contribution in [-0.2, 0) is 4.79 Å². The summed E-state index contributed by atoms with van der Waals surface area (Å²) in [5.74, 6) is 0.955. The third kappa shape index (κ3) is 3.47. The molecule has 1 aromatic rings. The summed E-state index contributed by atoms with van der Waals surface area (Å²) in [7, 11) is 1.90. The molecule has 23 heavy (non-hydrogen) atoms. The Hall–Kier alpha value is -1.69. The Labute approximate surface area is 138 Å². The van der Waals surface area contributed by atoms with E-state index in [1.807, 2.05) is 11.9 Å². The molecule has 2 saturated heterocycles. The summed E-state index contributed by atoms with van der Waals surface area (Å²) in [6.45, 7) is 5.75. The highest BCUT2D eigenvalue weighted by Crippen LogP contribution is 2.30. The minimum Gasteiger partial charge on any atom is -0.349 e. The number of hydrogen-bond donors (Lipinski definition) is 0. The predicted molar refractivity (Wildman–Crippen MR) is 90.3 cm³/mol. The van der Waals surface area contributed by atoms with Crippen LogP contribution in [0.2, 0.25) is 0 Å². The number of amides is 1. The molecule has 0 saturated carbocycles. The van der Waals surface area contributed by atoms with Crippen molar-refractivity contribution >= 4 is 11.7 Å². The Bertz CT molecular complexity index is 523. The third-order valence-corrected chi connectivity index (χ3v) is 5.20. The average molecular weight is 317 g/mol. The van der Waals surface area contributed by atoms with Gasteiger partial charge in [0.05, 0.1) is 12.7 Å². The van der Waals surface area contributed by atoms with Gasteiger partial charge in [-0.15, -0.1) is 0 Å². The molecule has 1 aromatic heterocycles. The SMILES string of the molecule is CCN1CCC[C@@H]1[C@@H]1CCCN1C(=O)CN(C)c1cnccn1. The van der Waals surface area contributed by atoms with Crippen LogP contribution < -0.4 is 4.90 Å². The van der Waals surface area contributed by atoms with Crippen molar-refractivity contribution in [3.63, 3.8) is 0 Å². The van der Waals surface area contributed by atoms with Crippen LogP contribution >= 0.6 is 0 Å². The van der Waals surface area contributed by atoms with E-state index in [0.29, 0.717) is 18.6 Å². The highest BCUT2D eigenvalue weighted by Gasteiger charge is 2.39. The number of likely N-dealkylation sites (N-methyl/N-ethyl adjacent to an activating group) is 2. The Balaban J connectivity index is 1.64. The molecule has 2 fully saturated rings. The number of aromatic nitrogens is 2. The van der Waals surface area contributed by atoms with Crippen molar-refractivity contribution in [2.24, 2.45) is 0 Å². The largest absolute Gasteiger partial charge is 0.349 e. The van der Waals surface area contributed by atoms with Crippen molar-refractivity contribution in [2.75, 3.05) is 38.1 Å². The Morgan fingerprint density at radius 2 is 2.04 bits per heavy atom. The lowest BCUT2D eigenvalue weighted by Crippen LogP contribution is -2.50. The monoisotopic (exact) mass is 317 g/mol. The minimum absolute atomic E-state index is 0.212. The van der Waals surface area contributed by atoms with Crippen molar-refractivity contribution in [1.82, 2.24) is 19.8 Å². The first-order chi connectivity index (χ1) is 11.2. The molecule has 1 amide bonds. The molecule has 2 atom stereocenters. The van der Waals surface area contributed by atoms with E-state index in [2.05, 4.69) is 26.7 Å². The minimum atomic E-state index is 0.212. The van der Waals surface area contributed by atoms with Crippen LogP contribution in [0.25, 0.3) is 0 Å². The van der Waals surface area contributed by atoms with Gasteiger partial charge in [-0.25, -0.2) is 4.98 Å². The molecule has 0 spiro atoms.